The van der Waals surface area contributed by atoms with Gasteiger partial charge in [0.05, 0.1) is 0 Å². The van der Waals surface area contributed by atoms with E-state index in [1.165, 1.54) is 0 Å². The summed E-state index contributed by atoms with van der Waals surface area (Å²) in [7, 11) is 0. The number of rotatable bonds is 9. The largest absolute Gasteiger partial charge is 0.482 e. The minimum Gasteiger partial charge on any atom is -0.482 e. The lowest BCUT2D eigenvalue weighted by molar-refractivity contribution is -0.149. The van der Waals surface area contributed by atoms with E-state index < -0.39 is 18.5 Å². The molecule has 2 aromatic rings. The molecule has 0 heterocycles. The highest BCUT2D eigenvalue weighted by Gasteiger charge is 2.13. The first-order valence-electron chi connectivity index (χ1n) is 9.87. The minimum atomic E-state index is -0.641. The number of amides is 2. The van der Waals surface area contributed by atoms with Gasteiger partial charge in [0.1, 0.15) is 5.75 Å². The molecule has 0 unspecified atom stereocenters. The van der Waals surface area contributed by atoms with Crippen LogP contribution in [0.25, 0.3) is 0 Å². The fourth-order valence-electron chi connectivity index (χ4n) is 2.77. The Morgan fingerprint density at radius 3 is 2.50 bits per heavy atom. The van der Waals surface area contributed by atoms with Crippen molar-refractivity contribution >= 4 is 23.5 Å². The summed E-state index contributed by atoms with van der Waals surface area (Å²) < 4.78 is 10.6. The highest BCUT2D eigenvalue weighted by Crippen LogP contribution is 2.27. The molecule has 30 heavy (non-hydrogen) atoms. The van der Waals surface area contributed by atoms with Crippen molar-refractivity contribution in [1.82, 2.24) is 5.32 Å². The van der Waals surface area contributed by atoms with E-state index in [-0.39, 0.29) is 18.4 Å². The van der Waals surface area contributed by atoms with Crippen LogP contribution >= 0.6 is 0 Å². The van der Waals surface area contributed by atoms with Gasteiger partial charge < -0.3 is 20.1 Å². The maximum atomic E-state index is 12.1. The van der Waals surface area contributed by atoms with E-state index in [4.69, 9.17) is 9.47 Å². The first kappa shape index (κ1) is 22.9. The molecule has 0 atom stereocenters. The molecule has 0 spiro atoms. The SMILES string of the molecule is CCNC(=O)c1cccc(NC(=O)COC(=O)COc2cc(C)ccc2C(C)C)c1. The summed E-state index contributed by atoms with van der Waals surface area (Å²) in [5.41, 5.74) is 2.90. The highest BCUT2D eigenvalue weighted by molar-refractivity contribution is 5.97. The topological polar surface area (TPSA) is 93.7 Å². The third-order valence-electron chi connectivity index (χ3n) is 4.25. The fourth-order valence-corrected chi connectivity index (χ4v) is 2.77. The van der Waals surface area contributed by atoms with Gasteiger partial charge >= 0.3 is 5.97 Å². The summed E-state index contributed by atoms with van der Waals surface area (Å²) in [4.78, 5) is 35.9. The highest BCUT2D eigenvalue weighted by atomic mass is 16.6. The predicted molar refractivity (Wildman–Crippen MR) is 115 cm³/mol. The zero-order valence-electron chi connectivity index (χ0n) is 17.8. The van der Waals surface area contributed by atoms with Crippen LogP contribution in [-0.2, 0) is 14.3 Å². The fraction of sp³-hybridized carbons (Fsp3) is 0.348. The number of esters is 1. The molecule has 0 bridgehead atoms. The van der Waals surface area contributed by atoms with Gasteiger partial charge in [0, 0.05) is 17.8 Å². The maximum Gasteiger partial charge on any atom is 0.344 e. The van der Waals surface area contributed by atoms with Gasteiger partial charge in [0.15, 0.2) is 13.2 Å². The van der Waals surface area contributed by atoms with Crippen molar-refractivity contribution < 1.29 is 23.9 Å². The van der Waals surface area contributed by atoms with E-state index in [9.17, 15) is 14.4 Å². The number of hydrogen-bond donors (Lipinski definition) is 2. The second kappa shape index (κ2) is 11.0. The molecule has 2 amide bonds. The van der Waals surface area contributed by atoms with Crippen molar-refractivity contribution in [2.75, 3.05) is 25.1 Å². The van der Waals surface area contributed by atoms with Gasteiger partial charge in [-0.15, -0.1) is 0 Å². The Hall–Kier alpha value is -3.35. The van der Waals surface area contributed by atoms with Crippen molar-refractivity contribution in [2.24, 2.45) is 0 Å². The lowest BCUT2D eigenvalue weighted by Gasteiger charge is -2.14. The number of aryl methyl sites for hydroxylation is 1. The van der Waals surface area contributed by atoms with Gasteiger partial charge in [-0.3, -0.25) is 9.59 Å². The first-order valence-corrected chi connectivity index (χ1v) is 9.87. The molecule has 0 aliphatic rings. The number of hydrogen-bond acceptors (Lipinski definition) is 5. The van der Waals surface area contributed by atoms with E-state index >= 15 is 0 Å². The van der Waals surface area contributed by atoms with Crippen LogP contribution in [0.15, 0.2) is 42.5 Å². The van der Waals surface area contributed by atoms with E-state index in [1.54, 1.807) is 24.3 Å². The van der Waals surface area contributed by atoms with Gasteiger partial charge in [-0.1, -0.05) is 32.0 Å². The van der Waals surface area contributed by atoms with Gasteiger partial charge in [-0.25, -0.2) is 4.79 Å². The molecule has 0 saturated carbocycles. The first-order chi connectivity index (χ1) is 14.3. The van der Waals surface area contributed by atoms with Crippen molar-refractivity contribution in [3.8, 4) is 5.75 Å². The monoisotopic (exact) mass is 412 g/mol. The Kier molecular flexibility index (Phi) is 8.41. The number of benzene rings is 2. The zero-order valence-corrected chi connectivity index (χ0v) is 17.8. The molecular formula is C23H28N2O5. The Balaban J connectivity index is 1.84. The molecule has 0 radical (unpaired) electrons. The molecule has 0 saturated heterocycles. The molecule has 160 valence electrons. The molecule has 0 aliphatic carbocycles. The zero-order chi connectivity index (χ0) is 22.1. The summed E-state index contributed by atoms with van der Waals surface area (Å²) in [6.45, 7) is 7.63. The van der Waals surface area contributed by atoms with Crippen molar-refractivity contribution in [3.05, 3.63) is 59.2 Å². The molecule has 0 aromatic heterocycles. The molecule has 0 aliphatic heterocycles. The second-order valence-electron chi connectivity index (χ2n) is 7.13. The summed E-state index contributed by atoms with van der Waals surface area (Å²) in [5.74, 6) is -0.493. The smallest absolute Gasteiger partial charge is 0.344 e. The normalized spacial score (nSPS) is 10.4. The molecule has 2 aromatic carbocycles. The third kappa shape index (κ3) is 6.92. The van der Waals surface area contributed by atoms with Crippen LogP contribution in [0.3, 0.4) is 0 Å². The predicted octanol–water partition coefficient (Wildman–Crippen LogP) is 3.43. The summed E-state index contributed by atoms with van der Waals surface area (Å²) in [6.07, 6.45) is 0. The average molecular weight is 412 g/mol. The van der Waals surface area contributed by atoms with Crippen molar-refractivity contribution in [3.63, 3.8) is 0 Å². The van der Waals surface area contributed by atoms with Gasteiger partial charge in [-0.2, -0.15) is 0 Å². The Morgan fingerprint density at radius 2 is 1.80 bits per heavy atom. The standard InChI is InChI=1S/C23H28N2O5/c1-5-24-23(28)17-7-6-8-18(12-17)25-21(26)13-30-22(27)14-29-20-11-16(4)9-10-19(20)15(2)3/h6-12,15H,5,13-14H2,1-4H3,(H,24,28)(H,25,26). The molecule has 7 nitrogen and oxygen atoms in total. The number of carbonyl (C=O) groups is 3. The van der Waals surface area contributed by atoms with Crippen molar-refractivity contribution in [1.29, 1.82) is 0 Å². The van der Waals surface area contributed by atoms with Crippen LogP contribution in [-0.4, -0.2) is 37.5 Å². The van der Waals surface area contributed by atoms with E-state index in [1.807, 2.05) is 45.9 Å². The van der Waals surface area contributed by atoms with Gasteiger partial charge in [0.2, 0.25) is 0 Å². The van der Waals surface area contributed by atoms with Crippen molar-refractivity contribution in [2.45, 2.75) is 33.6 Å². The molecular weight excluding hydrogens is 384 g/mol. The quantitative estimate of drug-likeness (QED) is 0.616. The maximum absolute atomic E-state index is 12.1. The lowest BCUT2D eigenvalue weighted by Crippen LogP contribution is -2.24. The van der Waals surface area contributed by atoms with Gasteiger partial charge in [-0.05, 0) is 55.2 Å². The number of carbonyl (C=O) groups excluding carboxylic acids is 3. The van der Waals surface area contributed by atoms with Crippen LogP contribution in [0.2, 0.25) is 0 Å². The third-order valence-corrected chi connectivity index (χ3v) is 4.25. The molecule has 2 N–H and O–H groups in total. The average Bonchev–Trinajstić information content (AvgIpc) is 2.71. The summed E-state index contributed by atoms with van der Waals surface area (Å²) in [6, 6.07) is 12.4. The number of nitrogens with one attached hydrogen (secondary N) is 2. The van der Waals surface area contributed by atoms with Crippen LogP contribution in [0.4, 0.5) is 5.69 Å². The van der Waals surface area contributed by atoms with E-state index in [0.717, 1.165) is 11.1 Å². The van der Waals surface area contributed by atoms with E-state index in [2.05, 4.69) is 10.6 Å². The Morgan fingerprint density at radius 1 is 1.03 bits per heavy atom. The Labute approximate surface area is 176 Å². The van der Waals surface area contributed by atoms with Crippen LogP contribution in [0, 0.1) is 6.92 Å². The number of ether oxygens (including phenoxy) is 2. The lowest BCUT2D eigenvalue weighted by atomic mass is 10.0. The van der Waals surface area contributed by atoms with E-state index in [0.29, 0.717) is 23.5 Å². The van der Waals surface area contributed by atoms with Crippen LogP contribution in [0.5, 0.6) is 5.75 Å². The molecule has 2 rings (SSSR count). The minimum absolute atomic E-state index is 0.228. The van der Waals surface area contributed by atoms with Crippen LogP contribution < -0.4 is 15.4 Å². The molecule has 7 heteroatoms. The summed E-state index contributed by atoms with van der Waals surface area (Å²) in [5, 5.41) is 5.29. The Bertz CT molecular complexity index is 908. The van der Waals surface area contributed by atoms with Crippen LogP contribution in [0.1, 0.15) is 48.2 Å². The van der Waals surface area contributed by atoms with Gasteiger partial charge in [0.25, 0.3) is 11.8 Å². The molecule has 0 fully saturated rings. The summed E-state index contributed by atoms with van der Waals surface area (Å²) >= 11 is 0. The number of anilines is 1. The second-order valence-corrected chi connectivity index (χ2v) is 7.13.